The second-order valence-corrected chi connectivity index (χ2v) is 8.41. The van der Waals surface area contributed by atoms with Gasteiger partial charge in [-0.2, -0.15) is 0 Å². The molecule has 10 heteroatoms. The number of sulfonamides is 1. The van der Waals surface area contributed by atoms with E-state index in [2.05, 4.69) is 26.1 Å². The van der Waals surface area contributed by atoms with Crippen LogP contribution >= 0.6 is 11.5 Å². The topological polar surface area (TPSA) is 110 Å². The number of aromatic nitrogens is 1. The van der Waals surface area contributed by atoms with E-state index in [4.69, 9.17) is 4.74 Å². The van der Waals surface area contributed by atoms with Crippen molar-refractivity contribution in [2.24, 2.45) is 4.99 Å². The summed E-state index contributed by atoms with van der Waals surface area (Å²) >= 11 is 1.14. The number of hydrogen-bond acceptors (Lipinski definition) is 7. The zero-order valence-corrected chi connectivity index (χ0v) is 18.1. The van der Waals surface area contributed by atoms with Crippen LogP contribution in [0, 0.1) is 13.8 Å². The normalized spacial score (nSPS) is 12.8. The van der Waals surface area contributed by atoms with Crippen molar-refractivity contribution in [2.45, 2.75) is 20.8 Å². The number of para-hydroxylation sites is 1. The molecule has 0 aliphatic carbocycles. The van der Waals surface area contributed by atoms with Gasteiger partial charge in [0.25, 0.3) is 15.9 Å². The van der Waals surface area contributed by atoms with Crippen LogP contribution in [0.5, 0.6) is 0 Å². The average Bonchev–Trinajstić information content (AvgIpc) is 3.20. The number of carbonyl (C=O) groups excluding carboxylic acids is 1. The summed E-state index contributed by atoms with van der Waals surface area (Å²) in [6, 6.07) is 5.44. The van der Waals surface area contributed by atoms with Gasteiger partial charge < -0.3 is 10.1 Å². The Morgan fingerprint density at radius 1 is 1.31 bits per heavy atom. The summed E-state index contributed by atoms with van der Waals surface area (Å²) in [4.78, 5) is 15.6. The first kappa shape index (κ1) is 22.3. The minimum absolute atomic E-state index is 0.200. The monoisotopic (exact) mass is 434 g/mol. The van der Waals surface area contributed by atoms with Gasteiger partial charge in [-0.1, -0.05) is 18.2 Å². The molecular formula is C19H22N4O4S2. The molecule has 0 bridgehead atoms. The maximum absolute atomic E-state index is 13.1. The Balaban J connectivity index is 2.43. The third-order valence-electron chi connectivity index (χ3n) is 3.91. The predicted octanol–water partition coefficient (Wildman–Crippen LogP) is 3.35. The molecule has 0 saturated heterocycles. The molecule has 0 aliphatic rings. The molecule has 0 aliphatic heterocycles. The first-order valence-corrected chi connectivity index (χ1v) is 10.7. The lowest BCUT2D eigenvalue weighted by atomic mass is 10.1. The first-order valence-electron chi connectivity index (χ1n) is 8.42. The van der Waals surface area contributed by atoms with Gasteiger partial charge in [0, 0.05) is 11.1 Å². The summed E-state index contributed by atoms with van der Waals surface area (Å²) in [7, 11) is -2.81. The number of benzene rings is 1. The summed E-state index contributed by atoms with van der Waals surface area (Å²) in [5.74, 6) is -0.605. The molecule has 2 N–H and O–H groups in total. The van der Waals surface area contributed by atoms with Crippen molar-refractivity contribution in [2.75, 3.05) is 11.8 Å². The van der Waals surface area contributed by atoms with Crippen molar-refractivity contribution < 1.29 is 17.9 Å². The Morgan fingerprint density at radius 2 is 1.97 bits per heavy atom. The second-order valence-electron chi connectivity index (χ2n) is 6.10. The van der Waals surface area contributed by atoms with Crippen molar-refractivity contribution in [3.8, 4) is 0 Å². The van der Waals surface area contributed by atoms with Crippen LogP contribution in [0.2, 0.25) is 0 Å². The number of anilines is 1. The summed E-state index contributed by atoms with van der Waals surface area (Å²) in [6.07, 6.45) is 2.69. The summed E-state index contributed by atoms with van der Waals surface area (Å²) in [5, 5.41) is 4.21. The van der Waals surface area contributed by atoms with E-state index < -0.39 is 15.9 Å². The Bertz CT molecular complexity index is 1050. The molecule has 0 radical (unpaired) electrons. The van der Waals surface area contributed by atoms with Crippen molar-refractivity contribution in [3.63, 3.8) is 0 Å². The number of hydrogen-bond donors (Lipinski definition) is 2. The van der Waals surface area contributed by atoms with Gasteiger partial charge >= 0.3 is 0 Å². The number of aliphatic imine (C=N–C) groups is 1. The molecule has 0 unspecified atom stereocenters. The molecule has 0 fully saturated rings. The molecule has 2 rings (SSSR count). The molecule has 0 spiro atoms. The SMILES string of the molecule is C=N/C(OC)=C(\C=C(/C)NC(=O)c1cnsc1)S(=O)(=O)Nc1c(C)cccc1C. The Morgan fingerprint density at radius 3 is 2.48 bits per heavy atom. The number of allylic oxidation sites excluding steroid dienone is 2. The Labute approximate surface area is 174 Å². The van der Waals surface area contributed by atoms with E-state index in [1.165, 1.54) is 19.4 Å². The molecule has 1 heterocycles. The van der Waals surface area contributed by atoms with Crippen molar-refractivity contribution in [1.29, 1.82) is 0 Å². The molecular weight excluding hydrogens is 412 g/mol. The number of amides is 1. The number of rotatable bonds is 8. The molecule has 0 atom stereocenters. The lowest BCUT2D eigenvalue weighted by molar-refractivity contribution is 0.0966. The van der Waals surface area contributed by atoms with Gasteiger partial charge in [-0.05, 0) is 56.2 Å². The second kappa shape index (κ2) is 9.48. The molecule has 1 aromatic carbocycles. The van der Waals surface area contributed by atoms with Crippen LogP contribution in [0.25, 0.3) is 0 Å². The van der Waals surface area contributed by atoms with Crippen LogP contribution in [0.15, 0.2) is 57.3 Å². The van der Waals surface area contributed by atoms with Gasteiger partial charge in [0.1, 0.15) is 0 Å². The summed E-state index contributed by atoms with van der Waals surface area (Å²) < 4.78 is 37.8. The lowest BCUT2D eigenvalue weighted by Crippen LogP contribution is -2.23. The highest BCUT2D eigenvalue weighted by molar-refractivity contribution is 7.96. The zero-order chi connectivity index (χ0) is 21.6. The van der Waals surface area contributed by atoms with E-state index in [0.717, 1.165) is 22.7 Å². The lowest BCUT2D eigenvalue weighted by Gasteiger charge is -2.15. The summed E-state index contributed by atoms with van der Waals surface area (Å²) in [5.41, 5.74) is 2.64. The van der Waals surface area contributed by atoms with Crippen LogP contribution in [0.1, 0.15) is 28.4 Å². The van der Waals surface area contributed by atoms with Crippen LogP contribution in [0.4, 0.5) is 5.69 Å². The molecule has 29 heavy (non-hydrogen) atoms. The van der Waals surface area contributed by atoms with Crippen molar-refractivity contribution >= 4 is 39.9 Å². The minimum atomic E-state index is -4.10. The zero-order valence-electron chi connectivity index (χ0n) is 16.5. The largest absolute Gasteiger partial charge is 0.480 e. The van der Waals surface area contributed by atoms with E-state index in [0.29, 0.717) is 11.3 Å². The molecule has 154 valence electrons. The highest BCUT2D eigenvalue weighted by atomic mass is 32.2. The fourth-order valence-electron chi connectivity index (χ4n) is 2.46. The molecule has 1 aromatic heterocycles. The van der Waals surface area contributed by atoms with Crippen molar-refractivity contribution in [1.82, 2.24) is 9.69 Å². The number of nitrogens with one attached hydrogen (secondary N) is 2. The Hall–Kier alpha value is -2.98. The fraction of sp³-hybridized carbons (Fsp3) is 0.211. The van der Waals surface area contributed by atoms with E-state index in [9.17, 15) is 13.2 Å². The predicted molar refractivity (Wildman–Crippen MR) is 115 cm³/mol. The van der Waals surface area contributed by atoms with Gasteiger partial charge in [0.15, 0.2) is 4.91 Å². The molecule has 2 aromatic rings. The average molecular weight is 435 g/mol. The van der Waals surface area contributed by atoms with Crippen LogP contribution < -0.4 is 10.0 Å². The highest BCUT2D eigenvalue weighted by Crippen LogP contribution is 2.25. The van der Waals surface area contributed by atoms with Gasteiger partial charge in [0.2, 0.25) is 5.88 Å². The number of aryl methyl sites for hydroxylation is 2. The smallest absolute Gasteiger partial charge is 0.267 e. The van der Waals surface area contributed by atoms with E-state index in [1.807, 2.05) is 6.07 Å². The third-order valence-corrected chi connectivity index (χ3v) is 5.84. The quantitative estimate of drug-likeness (QED) is 0.376. The number of ether oxygens (including phenoxy) is 1. The summed E-state index contributed by atoms with van der Waals surface area (Å²) in [6.45, 7) is 8.52. The van der Waals surface area contributed by atoms with Gasteiger partial charge in [-0.3, -0.25) is 9.52 Å². The maximum Gasteiger partial charge on any atom is 0.267 e. The standard InChI is InChI=1S/C19H22N4O4S2/c1-12-7-6-8-13(2)17(12)23-29(25,26)16(19(20-4)27-5)9-14(3)22-18(24)15-10-21-28-11-15/h6-11,23H,4H2,1-3,5H3,(H,22,24)/b14-9+,19-16-. The van der Waals surface area contributed by atoms with E-state index in [1.54, 1.807) is 38.3 Å². The van der Waals surface area contributed by atoms with E-state index >= 15 is 0 Å². The van der Waals surface area contributed by atoms with E-state index in [-0.39, 0.29) is 16.5 Å². The van der Waals surface area contributed by atoms with Gasteiger partial charge in [0.05, 0.1) is 24.6 Å². The minimum Gasteiger partial charge on any atom is -0.480 e. The maximum atomic E-state index is 13.1. The number of methoxy groups -OCH3 is 1. The van der Waals surface area contributed by atoms with Gasteiger partial charge in [-0.25, -0.2) is 17.8 Å². The Kier molecular flexibility index (Phi) is 7.29. The number of carbonyl (C=O) groups is 1. The van der Waals surface area contributed by atoms with Gasteiger partial charge in [-0.15, -0.1) is 0 Å². The van der Waals surface area contributed by atoms with Crippen LogP contribution in [0.3, 0.4) is 0 Å². The first-order chi connectivity index (χ1) is 13.7. The number of nitrogens with zero attached hydrogens (tertiary/aromatic N) is 2. The fourth-order valence-corrected chi connectivity index (χ4v) is 4.39. The molecule has 1 amide bonds. The van der Waals surface area contributed by atoms with Crippen molar-refractivity contribution in [3.05, 3.63) is 69.0 Å². The molecule has 0 saturated carbocycles. The van der Waals surface area contributed by atoms with Crippen LogP contribution in [-0.4, -0.2) is 32.5 Å². The highest BCUT2D eigenvalue weighted by Gasteiger charge is 2.23. The molecule has 8 nitrogen and oxygen atoms in total. The van der Waals surface area contributed by atoms with Crippen LogP contribution in [-0.2, 0) is 14.8 Å². The third kappa shape index (κ3) is 5.52.